The Kier molecular flexibility index (Phi) is 3.35. The molecule has 1 rings (SSSR count). The Bertz CT molecular complexity index is 332. The SMILES string of the molecule is NC(=O)C(O)CNc1ccnc(F)c1. The highest BCUT2D eigenvalue weighted by atomic mass is 19.1. The molecule has 0 fully saturated rings. The Labute approximate surface area is 79.8 Å². The lowest BCUT2D eigenvalue weighted by molar-refractivity contribution is -0.125. The van der Waals surface area contributed by atoms with E-state index in [9.17, 15) is 9.18 Å². The predicted octanol–water partition coefficient (Wildman–Crippen LogP) is -0.521. The Morgan fingerprint density at radius 1 is 1.79 bits per heavy atom. The average molecular weight is 199 g/mol. The summed E-state index contributed by atoms with van der Waals surface area (Å²) in [6, 6.07) is 2.66. The quantitative estimate of drug-likeness (QED) is 0.569. The first kappa shape index (κ1) is 10.4. The molecule has 4 N–H and O–H groups in total. The van der Waals surface area contributed by atoms with Crippen molar-refractivity contribution in [2.24, 2.45) is 5.73 Å². The molecule has 0 radical (unpaired) electrons. The van der Waals surface area contributed by atoms with Gasteiger partial charge in [-0.2, -0.15) is 4.39 Å². The van der Waals surface area contributed by atoms with Gasteiger partial charge in [0.05, 0.1) is 0 Å². The number of rotatable bonds is 4. The maximum Gasteiger partial charge on any atom is 0.248 e. The highest BCUT2D eigenvalue weighted by Gasteiger charge is 2.09. The number of nitrogens with one attached hydrogen (secondary N) is 1. The number of anilines is 1. The zero-order valence-corrected chi connectivity index (χ0v) is 7.27. The molecule has 14 heavy (non-hydrogen) atoms. The molecule has 5 nitrogen and oxygen atoms in total. The lowest BCUT2D eigenvalue weighted by atomic mass is 10.3. The molecule has 76 valence electrons. The zero-order valence-electron chi connectivity index (χ0n) is 7.27. The van der Waals surface area contributed by atoms with E-state index in [0.717, 1.165) is 6.07 Å². The summed E-state index contributed by atoms with van der Waals surface area (Å²) < 4.78 is 12.5. The van der Waals surface area contributed by atoms with Crippen molar-refractivity contribution in [1.29, 1.82) is 0 Å². The maximum absolute atomic E-state index is 12.5. The Balaban J connectivity index is 2.49. The van der Waals surface area contributed by atoms with Crippen LogP contribution in [-0.2, 0) is 4.79 Å². The molecular formula is C8H10FN3O2. The summed E-state index contributed by atoms with van der Waals surface area (Å²) in [4.78, 5) is 13.8. The first-order valence-corrected chi connectivity index (χ1v) is 3.92. The van der Waals surface area contributed by atoms with Crippen molar-refractivity contribution >= 4 is 11.6 Å². The van der Waals surface area contributed by atoms with E-state index in [1.165, 1.54) is 12.3 Å². The van der Waals surface area contributed by atoms with Gasteiger partial charge in [-0.3, -0.25) is 4.79 Å². The van der Waals surface area contributed by atoms with Crippen molar-refractivity contribution in [2.45, 2.75) is 6.10 Å². The van der Waals surface area contributed by atoms with Crippen molar-refractivity contribution in [2.75, 3.05) is 11.9 Å². The number of aliphatic hydroxyl groups excluding tert-OH is 1. The molecule has 0 aliphatic rings. The van der Waals surface area contributed by atoms with E-state index >= 15 is 0 Å². The van der Waals surface area contributed by atoms with Crippen LogP contribution in [0.2, 0.25) is 0 Å². The second-order valence-electron chi connectivity index (χ2n) is 2.67. The van der Waals surface area contributed by atoms with E-state index in [0.29, 0.717) is 5.69 Å². The standard InChI is InChI=1S/C8H10FN3O2/c9-7-3-5(1-2-11-7)12-4-6(13)8(10)14/h1-3,6,13H,4H2,(H2,10,14)(H,11,12). The number of pyridine rings is 1. The van der Waals surface area contributed by atoms with Gasteiger partial charge in [-0.25, -0.2) is 4.98 Å². The third kappa shape index (κ3) is 2.98. The molecule has 0 aromatic carbocycles. The van der Waals surface area contributed by atoms with Crippen LogP contribution in [0.25, 0.3) is 0 Å². The van der Waals surface area contributed by atoms with E-state index in [4.69, 9.17) is 10.8 Å². The fraction of sp³-hybridized carbons (Fsp3) is 0.250. The van der Waals surface area contributed by atoms with E-state index in [1.807, 2.05) is 0 Å². The molecule has 1 aromatic heterocycles. The van der Waals surface area contributed by atoms with E-state index in [1.54, 1.807) is 0 Å². The molecule has 1 aromatic rings. The molecule has 0 bridgehead atoms. The number of aromatic nitrogens is 1. The van der Waals surface area contributed by atoms with Gasteiger partial charge in [-0.05, 0) is 6.07 Å². The van der Waals surface area contributed by atoms with Crippen LogP contribution in [0.15, 0.2) is 18.3 Å². The monoisotopic (exact) mass is 199 g/mol. The van der Waals surface area contributed by atoms with Gasteiger partial charge in [0.2, 0.25) is 11.9 Å². The van der Waals surface area contributed by atoms with Crippen LogP contribution in [0.3, 0.4) is 0 Å². The van der Waals surface area contributed by atoms with Crippen molar-refractivity contribution in [3.8, 4) is 0 Å². The zero-order chi connectivity index (χ0) is 10.6. The molecule has 0 spiro atoms. The fourth-order valence-electron chi connectivity index (χ4n) is 0.828. The lowest BCUT2D eigenvalue weighted by Gasteiger charge is -2.08. The van der Waals surface area contributed by atoms with Crippen LogP contribution in [0.5, 0.6) is 0 Å². The van der Waals surface area contributed by atoms with Crippen molar-refractivity contribution < 1.29 is 14.3 Å². The Morgan fingerprint density at radius 3 is 3.07 bits per heavy atom. The number of carbonyl (C=O) groups excluding carboxylic acids is 1. The van der Waals surface area contributed by atoms with E-state index in [-0.39, 0.29) is 6.54 Å². The van der Waals surface area contributed by atoms with Gasteiger partial charge in [-0.1, -0.05) is 0 Å². The number of primary amides is 1. The largest absolute Gasteiger partial charge is 0.382 e. The van der Waals surface area contributed by atoms with Crippen molar-refractivity contribution in [3.63, 3.8) is 0 Å². The summed E-state index contributed by atoms with van der Waals surface area (Å²) in [5.74, 6) is -1.46. The number of hydrogen-bond donors (Lipinski definition) is 3. The van der Waals surface area contributed by atoms with Crippen LogP contribution >= 0.6 is 0 Å². The number of nitrogens with two attached hydrogens (primary N) is 1. The van der Waals surface area contributed by atoms with Crippen molar-refractivity contribution in [1.82, 2.24) is 4.98 Å². The molecule has 1 unspecified atom stereocenters. The topological polar surface area (TPSA) is 88.2 Å². The molecular weight excluding hydrogens is 189 g/mol. The van der Waals surface area contributed by atoms with Gasteiger partial charge >= 0.3 is 0 Å². The minimum Gasteiger partial charge on any atom is -0.382 e. The van der Waals surface area contributed by atoms with Crippen LogP contribution < -0.4 is 11.1 Å². The summed E-state index contributed by atoms with van der Waals surface area (Å²) in [6.45, 7) is -0.0568. The van der Waals surface area contributed by atoms with Gasteiger partial charge < -0.3 is 16.2 Å². The minimum absolute atomic E-state index is 0.0568. The second kappa shape index (κ2) is 4.52. The summed E-state index contributed by atoms with van der Waals surface area (Å²) in [6.07, 6.45) is -0.0138. The van der Waals surface area contributed by atoms with Gasteiger partial charge in [0.1, 0.15) is 6.10 Å². The fourth-order valence-corrected chi connectivity index (χ4v) is 0.828. The smallest absolute Gasteiger partial charge is 0.248 e. The van der Waals surface area contributed by atoms with E-state index < -0.39 is 18.0 Å². The summed E-state index contributed by atoms with van der Waals surface area (Å²) >= 11 is 0. The molecule has 1 amide bonds. The van der Waals surface area contributed by atoms with Gasteiger partial charge in [0, 0.05) is 24.5 Å². The molecule has 1 heterocycles. The third-order valence-corrected chi connectivity index (χ3v) is 1.55. The van der Waals surface area contributed by atoms with Crippen LogP contribution in [0, 0.1) is 5.95 Å². The van der Waals surface area contributed by atoms with Gasteiger partial charge in [0.25, 0.3) is 0 Å². The highest BCUT2D eigenvalue weighted by molar-refractivity contribution is 5.79. The molecule has 0 aliphatic heterocycles. The van der Waals surface area contributed by atoms with Gasteiger partial charge in [-0.15, -0.1) is 0 Å². The molecule has 0 saturated heterocycles. The Morgan fingerprint density at radius 2 is 2.50 bits per heavy atom. The average Bonchev–Trinajstić information content (AvgIpc) is 2.14. The maximum atomic E-state index is 12.5. The first-order chi connectivity index (χ1) is 6.59. The van der Waals surface area contributed by atoms with Crippen LogP contribution in [0.4, 0.5) is 10.1 Å². The minimum atomic E-state index is -1.29. The van der Waals surface area contributed by atoms with Crippen molar-refractivity contribution in [3.05, 3.63) is 24.3 Å². The second-order valence-corrected chi connectivity index (χ2v) is 2.67. The third-order valence-electron chi connectivity index (χ3n) is 1.55. The number of amides is 1. The van der Waals surface area contributed by atoms with E-state index in [2.05, 4.69) is 10.3 Å². The summed E-state index contributed by atoms with van der Waals surface area (Å²) in [5, 5.41) is 11.6. The number of carbonyl (C=O) groups is 1. The number of nitrogens with zero attached hydrogens (tertiary/aromatic N) is 1. The Hall–Kier alpha value is -1.69. The number of aliphatic hydroxyl groups is 1. The highest BCUT2D eigenvalue weighted by Crippen LogP contribution is 2.06. The van der Waals surface area contributed by atoms with Crippen LogP contribution in [-0.4, -0.2) is 28.6 Å². The number of halogens is 1. The van der Waals surface area contributed by atoms with Crippen LogP contribution in [0.1, 0.15) is 0 Å². The summed E-state index contributed by atoms with van der Waals surface area (Å²) in [5.41, 5.74) is 5.24. The normalized spacial score (nSPS) is 12.1. The molecule has 0 saturated carbocycles. The molecule has 0 aliphatic carbocycles. The first-order valence-electron chi connectivity index (χ1n) is 3.92. The molecule has 1 atom stereocenters. The molecule has 6 heteroatoms. The predicted molar refractivity (Wildman–Crippen MR) is 47.9 cm³/mol. The lowest BCUT2D eigenvalue weighted by Crippen LogP contribution is -2.34. The summed E-state index contributed by atoms with van der Waals surface area (Å²) in [7, 11) is 0. The number of hydrogen-bond acceptors (Lipinski definition) is 4. The van der Waals surface area contributed by atoms with Gasteiger partial charge in [0.15, 0.2) is 0 Å².